The van der Waals surface area contributed by atoms with Gasteiger partial charge in [0.05, 0.1) is 17.8 Å². The smallest absolute Gasteiger partial charge is 0.254 e. The van der Waals surface area contributed by atoms with Crippen molar-refractivity contribution in [2.45, 2.75) is 38.9 Å². The van der Waals surface area contributed by atoms with Gasteiger partial charge in [-0.05, 0) is 67.3 Å². The van der Waals surface area contributed by atoms with Crippen LogP contribution in [-0.4, -0.2) is 60.6 Å². The zero-order valence-corrected chi connectivity index (χ0v) is 16.7. The quantitative estimate of drug-likeness (QED) is 0.674. The van der Waals surface area contributed by atoms with Gasteiger partial charge < -0.3 is 9.64 Å². The Morgan fingerprint density at radius 1 is 1.17 bits per heavy atom. The molecule has 5 heteroatoms. The molecule has 0 bridgehead atoms. The molecule has 0 aliphatic carbocycles. The third-order valence-corrected chi connectivity index (χ3v) is 5.96. The van der Waals surface area contributed by atoms with Gasteiger partial charge in [-0.15, -0.1) is 0 Å². The van der Waals surface area contributed by atoms with Crippen LogP contribution in [0.25, 0.3) is 0 Å². The molecule has 1 aromatic carbocycles. The van der Waals surface area contributed by atoms with Crippen LogP contribution in [0.3, 0.4) is 0 Å². The molecular weight excluding hydrogens is 415 g/mol. The molecule has 0 aromatic heterocycles. The molecule has 1 amide bonds. The predicted molar refractivity (Wildman–Crippen MR) is 104 cm³/mol. The largest absolute Gasteiger partial charge is 0.373 e. The molecular formula is C19H27IN2O2. The molecule has 3 rings (SSSR count). The van der Waals surface area contributed by atoms with E-state index in [1.54, 1.807) is 0 Å². The second kappa shape index (κ2) is 8.15. The van der Waals surface area contributed by atoms with Gasteiger partial charge >= 0.3 is 0 Å². The van der Waals surface area contributed by atoms with Crippen molar-refractivity contribution in [2.75, 3.05) is 32.7 Å². The minimum atomic E-state index is 0.187. The van der Waals surface area contributed by atoms with Gasteiger partial charge in [-0.3, -0.25) is 9.69 Å². The topological polar surface area (TPSA) is 32.8 Å². The van der Waals surface area contributed by atoms with Crippen LogP contribution < -0.4 is 0 Å². The molecule has 2 aliphatic rings. The third kappa shape index (κ3) is 4.49. The van der Waals surface area contributed by atoms with Crippen molar-refractivity contribution in [1.82, 2.24) is 9.80 Å². The summed E-state index contributed by atoms with van der Waals surface area (Å²) in [5.41, 5.74) is 0.840. The zero-order valence-electron chi connectivity index (χ0n) is 14.6. The monoisotopic (exact) mass is 442 g/mol. The summed E-state index contributed by atoms with van der Waals surface area (Å²) in [5.74, 6) is 0.883. The maximum absolute atomic E-state index is 12.7. The number of rotatable bonds is 3. The van der Waals surface area contributed by atoms with E-state index in [1.165, 1.54) is 0 Å². The van der Waals surface area contributed by atoms with Gasteiger partial charge in [-0.1, -0.05) is 12.1 Å². The summed E-state index contributed by atoms with van der Waals surface area (Å²) in [6.45, 7) is 9.28. The van der Waals surface area contributed by atoms with E-state index in [9.17, 15) is 4.79 Å². The van der Waals surface area contributed by atoms with Gasteiger partial charge in [0, 0.05) is 36.3 Å². The number of halogens is 1. The van der Waals surface area contributed by atoms with E-state index in [-0.39, 0.29) is 5.91 Å². The molecule has 1 aromatic rings. The Kier molecular flexibility index (Phi) is 6.16. The first-order valence-corrected chi connectivity index (χ1v) is 10.0. The van der Waals surface area contributed by atoms with Gasteiger partial charge in [-0.25, -0.2) is 0 Å². The lowest BCUT2D eigenvalue weighted by Gasteiger charge is -2.39. The second-order valence-electron chi connectivity index (χ2n) is 7.19. The first-order valence-electron chi connectivity index (χ1n) is 8.94. The minimum Gasteiger partial charge on any atom is -0.373 e. The Bertz CT molecular complexity index is 562. The van der Waals surface area contributed by atoms with Gasteiger partial charge in [0.1, 0.15) is 0 Å². The molecule has 0 spiro atoms. The number of likely N-dealkylation sites (tertiary alicyclic amines) is 1. The molecule has 0 saturated carbocycles. The lowest BCUT2D eigenvalue weighted by Crippen LogP contribution is -2.48. The van der Waals surface area contributed by atoms with Crippen LogP contribution >= 0.6 is 22.6 Å². The maximum atomic E-state index is 12.7. The van der Waals surface area contributed by atoms with Gasteiger partial charge in [-0.2, -0.15) is 0 Å². The number of nitrogens with zero attached hydrogens (tertiary/aromatic N) is 2. The molecule has 2 aliphatic heterocycles. The summed E-state index contributed by atoms with van der Waals surface area (Å²) in [5, 5.41) is 0. The number of hydrogen-bond acceptors (Lipinski definition) is 3. The number of carbonyl (C=O) groups is 1. The highest BCUT2D eigenvalue weighted by Gasteiger charge is 2.28. The van der Waals surface area contributed by atoms with Crippen LogP contribution in [-0.2, 0) is 4.74 Å². The molecule has 2 unspecified atom stereocenters. The summed E-state index contributed by atoms with van der Waals surface area (Å²) < 4.78 is 6.86. The summed E-state index contributed by atoms with van der Waals surface area (Å²) >= 11 is 2.25. The second-order valence-corrected chi connectivity index (χ2v) is 8.35. The highest BCUT2D eigenvalue weighted by atomic mass is 127. The van der Waals surface area contributed by atoms with E-state index in [2.05, 4.69) is 41.3 Å². The van der Waals surface area contributed by atoms with Crippen LogP contribution in [0.1, 0.15) is 37.0 Å². The number of morpholine rings is 1. The molecule has 132 valence electrons. The lowest BCUT2D eigenvalue weighted by atomic mass is 9.95. The predicted octanol–water partition coefficient (Wildman–Crippen LogP) is 3.25. The van der Waals surface area contributed by atoms with Crippen molar-refractivity contribution in [3.8, 4) is 0 Å². The lowest BCUT2D eigenvalue weighted by molar-refractivity contribution is -0.0728. The van der Waals surface area contributed by atoms with Crippen molar-refractivity contribution in [3.05, 3.63) is 33.4 Å². The molecule has 2 atom stereocenters. The Labute approximate surface area is 158 Å². The van der Waals surface area contributed by atoms with E-state index in [0.29, 0.717) is 18.1 Å². The van der Waals surface area contributed by atoms with Crippen molar-refractivity contribution >= 4 is 28.5 Å². The number of hydrogen-bond donors (Lipinski definition) is 0. The Morgan fingerprint density at radius 3 is 2.42 bits per heavy atom. The fourth-order valence-electron chi connectivity index (χ4n) is 3.92. The van der Waals surface area contributed by atoms with E-state index in [4.69, 9.17) is 4.74 Å². The molecule has 2 saturated heterocycles. The van der Waals surface area contributed by atoms with E-state index >= 15 is 0 Å². The van der Waals surface area contributed by atoms with Gasteiger partial charge in [0.15, 0.2) is 0 Å². The number of piperidine rings is 1. The highest BCUT2D eigenvalue weighted by Crippen LogP contribution is 2.23. The molecule has 2 fully saturated rings. The average molecular weight is 442 g/mol. The molecule has 2 heterocycles. The summed E-state index contributed by atoms with van der Waals surface area (Å²) in [7, 11) is 0. The SMILES string of the molecule is CC1CN(CC2CCN(C(=O)c3ccccc3I)CC2)CC(C)O1. The molecule has 0 N–H and O–H groups in total. The van der Waals surface area contributed by atoms with Crippen molar-refractivity contribution in [2.24, 2.45) is 5.92 Å². The van der Waals surface area contributed by atoms with E-state index in [1.807, 2.05) is 29.2 Å². The van der Waals surface area contributed by atoms with Crippen molar-refractivity contribution < 1.29 is 9.53 Å². The third-order valence-electron chi connectivity index (χ3n) is 5.02. The van der Waals surface area contributed by atoms with E-state index < -0.39 is 0 Å². The van der Waals surface area contributed by atoms with Crippen LogP contribution in [0.4, 0.5) is 0 Å². The van der Waals surface area contributed by atoms with Gasteiger partial charge in [0.25, 0.3) is 5.91 Å². The number of benzene rings is 1. The van der Waals surface area contributed by atoms with Crippen LogP contribution in [0, 0.1) is 9.49 Å². The Hall–Kier alpha value is -0.660. The zero-order chi connectivity index (χ0) is 17.1. The Balaban J connectivity index is 1.51. The number of carbonyl (C=O) groups excluding carboxylic acids is 1. The minimum absolute atomic E-state index is 0.187. The summed E-state index contributed by atoms with van der Waals surface area (Å²) in [6.07, 6.45) is 2.87. The van der Waals surface area contributed by atoms with Crippen LogP contribution in [0.5, 0.6) is 0 Å². The van der Waals surface area contributed by atoms with Crippen molar-refractivity contribution in [1.29, 1.82) is 0 Å². The summed E-state index contributed by atoms with van der Waals surface area (Å²) in [6, 6.07) is 7.87. The van der Waals surface area contributed by atoms with Gasteiger partial charge in [0.2, 0.25) is 0 Å². The first-order chi connectivity index (χ1) is 11.5. The standard InChI is InChI=1S/C19H27IN2O2/c1-14-11-21(12-15(2)24-14)13-16-7-9-22(10-8-16)19(23)17-5-3-4-6-18(17)20/h3-6,14-16H,7-13H2,1-2H3. The van der Waals surface area contributed by atoms with Crippen LogP contribution in [0.2, 0.25) is 0 Å². The fourth-order valence-corrected chi connectivity index (χ4v) is 4.54. The first kappa shape index (κ1) is 18.1. The maximum Gasteiger partial charge on any atom is 0.254 e. The average Bonchev–Trinajstić information content (AvgIpc) is 2.54. The molecule has 0 radical (unpaired) electrons. The normalized spacial score (nSPS) is 26.5. The van der Waals surface area contributed by atoms with Crippen LogP contribution in [0.15, 0.2) is 24.3 Å². The fraction of sp³-hybridized carbons (Fsp3) is 0.632. The summed E-state index contributed by atoms with van der Waals surface area (Å²) in [4.78, 5) is 17.3. The molecule has 4 nitrogen and oxygen atoms in total. The number of ether oxygens (including phenoxy) is 1. The van der Waals surface area contributed by atoms with Crippen molar-refractivity contribution in [3.63, 3.8) is 0 Å². The Morgan fingerprint density at radius 2 is 1.79 bits per heavy atom. The molecule has 24 heavy (non-hydrogen) atoms. The number of amides is 1. The highest BCUT2D eigenvalue weighted by molar-refractivity contribution is 14.1. The van der Waals surface area contributed by atoms with E-state index in [0.717, 1.165) is 54.7 Å².